The van der Waals surface area contributed by atoms with Crippen molar-refractivity contribution in [1.82, 2.24) is 0 Å². The molecule has 0 fully saturated rings. The van der Waals surface area contributed by atoms with Crippen molar-refractivity contribution in [2.75, 3.05) is 0 Å². The van der Waals surface area contributed by atoms with Crippen LogP contribution in [0.1, 0.15) is 10.4 Å². The van der Waals surface area contributed by atoms with Crippen LogP contribution >= 0.6 is 11.3 Å². The zero-order valence-corrected chi connectivity index (χ0v) is 11.4. The minimum atomic E-state index is -0.242. The van der Waals surface area contributed by atoms with Crippen molar-refractivity contribution in [3.05, 3.63) is 83.0 Å². The molecule has 0 spiro atoms. The van der Waals surface area contributed by atoms with Gasteiger partial charge in [-0.05, 0) is 48.0 Å². The first kappa shape index (κ1) is 12.7. The van der Waals surface area contributed by atoms with Crippen molar-refractivity contribution in [3.8, 4) is 22.3 Å². The first-order valence-electron chi connectivity index (χ1n) is 6.16. The summed E-state index contributed by atoms with van der Waals surface area (Å²) in [5.41, 5.74) is 1.89. The predicted octanol–water partition coefficient (Wildman–Crippen LogP) is 4.75. The first-order valence-corrected chi connectivity index (χ1v) is 6.97. The maximum atomic E-state index is 12.8. The molecule has 3 rings (SSSR count). The van der Waals surface area contributed by atoms with Crippen molar-refractivity contribution in [1.29, 1.82) is 0 Å². The van der Waals surface area contributed by atoms with Gasteiger partial charge >= 0.3 is 0 Å². The molecule has 0 bridgehead atoms. The number of benzene rings is 2. The third-order valence-electron chi connectivity index (χ3n) is 2.75. The van der Waals surface area contributed by atoms with Gasteiger partial charge < -0.3 is 0 Å². The third-order valence-corrected chi connectivity index (χ3v) is 3.79. The minimum Gasteiger partial charge on any atom is -0.207 e. The number of halogens is 1. The van der Waals surface area contributed by atoms with Crippen LogP contribution in [0, 0.1) is 23.7 Å². The molecule has 1 radical (unpaired) electrons. The summed E-state index contributed by atoms with van der Waals surface area (Å²) < 4.78 is 12.8. The highest BCUT2D eigenvalue weighted by Crippen LogP contribution is 2.26. The molecular formula is C18H10FS. The lowest BCUT2D eigenvalue weighted by Crippen LogP contribution is -1.75. The summed E-state index contributed by atoms with van der Waals surface area (Å²) in [7, 11) is 0. The summed E-state index contributed by atoms with van der Waals surface area (Å²) in [6.45, 7) is 0. The Balaban J connectivity index is 1.83. The van der Waals surface area contributed by atoms with E-state index in [9.17, 15) is 4.39 Å². The Labute approximate surface area is 121 Å². The lowest BCUT2D eigenvalue weighted by Gasteiger charge is -1.93. The Morgan fingerprint density at radius 2 is 1.75 bits per heavy atom. The first-order chi connectivity index (χ1) is 9.81. The Kier molecular flexibility index (Phi) is 3.62. The van der Waals surface area contributed by atoms with Crippen LogP contribution in [0.4, 0.5) is 4.39 Å². The van der Waals surface area contributed by atoms with Crippen molar-refractivity contribution in [2.24, 2.45) is 0 Å². The van der Waals surface area contributed by atoms with Gasteiger partial charge in [-0.25, -0.2) is 4.39 Å². The molecule has 0 saturated heterocycles. The molecule has 20 heavy (non-hydrogen) atoms. The minimum absolute atomic E-state index is 0.242. The molecule has 2 aromatic carbocycles. The van der Waals surface area contributed by atoms with Crippen molar-refractivity contribution in [3.63, 3.8) is 0 Å². The number of rotatable bonds is 1. The molecule has 0 saturated carbocycles. The fourth-order valence-corrected chi connectivity index (χ4v) is 2.61. The largest absolute Gasteiger partial charge is 0.207 e. The van der Waals surface area contributed by atoms with E-state index < -0.39 is 0 Å². The Bertz CT molecular complexity index is 758. The summed E-state index contributed by atoms with van der Waals surface area (Å²) in [5, 5.41) is 0. The van der Waals surface area contributed by atoms with E-state index in [1.165, 1.54) is 12.1 Å². The lowest BCUT2D eigenvalue weighted by atomic mass is 10.2. The van der Waals surface area contributed by atoms with Crippen molar-refractivity contribution < 1.29 is 4.39 Å². The Morgan fingerprint density at radius 3 is 2.50 bits per heavy atom. The van der Waals surface area contributed by atoms with E-state index in [0.29, 0.717) is 0 Å². The normalized spacial score (nSPS) is 9.85. The van der Waals surface area contributed by atoms with Crippen LogP contribution < -0.4 is 0 Å². The SMILES string of the molecule is Fc1ccc(C#Cc2ccc(-c3[c]cccc3)s2)cc1. The molecule has 1 aromatic heterocycles. The molecule has 0 aliphatic heterocycles. The van der Waals surface area contributed by atoms with E-state index in [1.54, 1.807) is 23.5 Å². The second kappa shape index (κ2) is 5.73. The quantitative estimate of drug-likeness (QED) is 0.563. The van der Waals surface area contributed by atoms with E-state index in [1.807, 2.05) is 36.4 Å². The van der Waals surface area contributed by atoms with Gasteiger partial charge in [0.15, 0.2) is 0 Å². The van der Waals surface area contributed by atoms with Crippen molar-refractivity contribution in [2.45, 2.75) is 0 Å². The maximum Gasteiger partial charge on any atom is 0.123 e. The Morgan fingerprint density at radius 1 is 0.900 bits per heavy atom. The molecule has 0 aliphatic carbocycles. The summed E-state index contributed by atoms with van der Waals surface area (Å²) in [6.07, 6.45) is 0. The summed E-state index contributed by atoms with van der Waals surface area (Å²) >= 11 is 1.63. The van der Waals surface area contributed by atoms with E-state index in [-0.39, 0.29) is 5.82 Å². The van der Waals surface area contributed by atoms with Gasteiger partial charge in [0.25, 0.3) is 0 Å². The second-order valence-corrected chi connectivity index (χ2v) is 5.28. The van der Waals surface area contributed by atoms with Crippen LogP contribution in [-0.2, 0) is 0 Å². The van der Waals surface area contributed by atoms with E-state index in [2.05, 4.69) is 17.9 Å². The van der Waals surface area contributed by atoms with E-state index in [4.69, 9.17) is 0 Å². The zero-order valence-electron chi connectivity index (χ0n) is 10.6. The number of hydrogen-bond donors (Lipinski definition) is 0. The van der Waals surface area contributed by atoms with Gasteiger partial charge in [-0.1, -0.05) is 36.1 Å². The smallest absolute Gasteiger partial charge is 0.123 e. The van der Waals surface area contributed by atoms with Crippen LogP contribution in [0.15, 0.2) is 60.7 Å². The molecule has 0 amide bonds. The van der Waals surface area contributed by atoms with E-state index in [0.717, 1.165) is 20.9 Å². The van der Waals surface area contributed by atoms with Crippen molar-refractivity contribution >= 4 is 11.3 Å². The molecule has 95 valence electrons. The van der Waals surface area contributed by atoms with Gasteiger partial charge in [-0.2, -0.15) is 0 Å². The maximum absolute atomic E-state index is 12.8. The van der Waals surface area contributed by atoms with Gasteiger partial charge in [-0.15, -0.1) is 11.3 Å². The van der Waals surface area contributed by atoms with Gasteiger partial charge in [-0.3, -0.25) is 0 Å². The monoisotopic (exact) mass is 277 g/mol. The standard InChI is InChI=1S/C18H10FS/c19-16-9-6-14(7-10-16)8-11-17-12-13-18(20-17)15-4-2-1-3-5-15/h1-4,6-7,9-10,12-13H. The van der Waals surface area contributed by atoms with Crippen LogP contribution in [0.3, 0.4) is 0 Å². The van der Waals surface area contributed by atoms with Crippen LogP contribution in [0.2, 0.25) is 0 Å². The van der Waals surface area contributed by atoms with Gasteiger partial charge in [0.2, 0.25) is 0 Å². The van der Waals surface area contributed by atoms with Gasteiger partial charge in [0, 0.05) is 10.4 Å². The summed E-state index contributed by atoms with van der Waals surface area (Å²) in [5.74, 6) is 5.90. The molecule has 0 atom stereocenters. The highest BCUT2D eigenvalue weighted by atomic mass is 32.1. The molecule has 0 unspecified atom stereocenters. The molecule has 3 aromatic rings. The molecular weight excluding hydrogens is 267 g/mol. The average molecular weight is 277 g/mol. The summed E-state index contributed by atoms with van der Waals surface area (Å²) in [4.78, 5) is 2.13. The van der Waals surface area contributed by atoms with Gasteiger partial charge in [0.1, 0.15) is 5.82 Å². The summed E-state index contributed by atoms with van der Waals surface area (Å²) in [6, 6.07) is 21.3. The highest BCUT2D eigenvalue weighted by Gasteiger charge is 2.00. The fourth-order valence-electron chi connectivity index (χ4n) is 1.76. The predicted molar refractivity (Wildman–Crippen MR) is 81.0 cm³/mol. The molecule has 1 heterocycles. The zero-order chi connectivity index (χ0) is 13.8. The van der Waals surface area contributed by atoms with Crippen LogP contribution in [-0.4, -0.2) is 0 Å². The van der Waals surface area contributed by atoms with Crippen LogP contribution in [0.25, 0.3) is 10.4 Å². The topological polar surface area (TPSA) is 0 Å². The molecule has 0 N–H and O–H groups in total. The second-order valence-electron chi connectivity index (χ2n) is 4.20. The van der Waals surface area contributed by atoms with E-state index >= 15 is 0 Å². The molecule has 0 nitrogen and oxygen atoms in total. The molecule has 2 heteroatoms. The van der Waals surface area contributed by atoms with Crippen LogP contribution in [0.5, 0.6) is 0 Å². The molecule has 0 aliphatic rings. The number of thiophene rings is 1. The number of hydrogen-bond acceptors (Lipinski definition) is 1. The fraction of sp³-hybridized carbons (Fsp3) is 0. The average Bonchev–Trinajstić information content (AvgIpc) is 2.97. The Hall–Kier alpha value is -2.37. The third kappa shape index (κ3) is 2.96. The highest BCUT2D eigenvalue weighted by molar-refractivity contribution is 7.16. The lowest BCUT2D eigenvalue weighted by molar-refractivity contribution is 0.627. The van der Waals surface area contributed by atoms with Gasteiger partial charge in [0.05, 0.1) is 4.88 Å².